The monoisotopic (exact) mass is 430 g/mol. The van der Waals surface area contributed by atoms with Crippen molar-refractivity contribution in [2.24, 2.45) is 0 Å². The molecule has 1 heterocycles. The Morgan fingerprint density at radius 3 is 2.55 bits per heavy atom. The number of hydrogen-bond donors (Lipinski definition) is 1. The summed E-state index contributed by atoms with van der Waals surface area (Å²) in [5, 5.41) is 2.50. The van der Waals surface area contributed by atoms with Crippen molar-refractivity contribution >= 4 is 17.8 Å². The molecule has 1 aromatic carbocycles. The predicted octanol–water partition coefficient (Wildman–Crippen LogP) is 3.62. The number of piperidine rings is 1. The van der Waals surface area contributed by atoms with Crippen LogP contribution in [0.4, 0.5) is 4.79 Å². The van der Waals surface area contributed by atoms with Gasteiger partial charge in [-0.1, -0.05) is 35.9 Å². The van der Waals surface area contributed by atoms with Gasteiger partial charge in [-0.05, 0) is 58.2 Å². The molecule has 31 heavy (non-hydrogen) atoms. The lowest BCUT2D eigenvalue weighted by Crippen LogP contribution is -2.44. The van der Waals surface area contributed by atoms with E-state index in [-0.39, 0.29) is 18.6 Å². The number of nitrogens with one attached hydrogen (secondary N) is 1. The van der Waals surface area contributed by atoms with Gasteiger partial charge in [-0.25, -0.2) is 9.59 Å². The maximum atomic E-state index is 12.5. The average Bonchev–Trinajstić information content (AvgIpc) is 2.70. The summed E-state index contributed by atoms with van der Waals surface area (Å²) in [4.78, 5) is 38.8. The van der Waals surface area contributed by atoms with Gasteiger partial charge in [0.2, 0.25) is 0 Å². The van der Waals surface area contributed by atoms with Crippen molar-refractivity contribution in [1.29, 1.82) is 0 Å². The first-order chi connectivity index (χ1) is 14.7. The number of nitrogens with zero attached hydrogens (tertiary/aromatic N) is 1. The number of allylic oxidation sites excluding steroid dienone is 1. The van der Waals surface area contributed by atoms with Crippen molar-refractivity contribution in [3.8, 4) is 0 Å². The summed E-state index contributed by atoms with van der Waals surface area (Å²) >= 11 is 0. The van der Waals surface area contributed by atoms with E-state index in [1.165, 1.54) is 12.7 Å². The van der Waals surface area contributed by atoms with Crippen molar-refractivity contribution in [3.63, 3.8) is 0 Å². The zero-order valence-electron chi connectivity index (χ0n) is 19.0. The van der Waals surface area contributed by atoms with Gasteiger partial charge in [0.05, 0.1) is 7.11 Å². The molecule has 0 aliphatic carbocycles. The molecule has 1 N–H and O–H groups in total. The number of amides is 1. The van der Waals surface area contributed by atoms with E-state index in [0.29, 0.717) is 0 Å². The van der Waals surface area contributed by atoms with E-state index in [2.05, 4.69) is 22.3 Å². The molecule has 0 saturated carbocycles. The molecule has 0 radical (unpaired) electrons. The largest absolute Gasteiger partial charge is 0.467 e. The number of rotatable bonds is 8. The number of carbonyl (C=O) groups excluding carboxylic acids is 3. The Labute approximate surface area is 184 Å². The Bertz CT molecular complexity index is 783. The minimum Gasteiger partial charge on any atom is -0.467 e. The van der Waals surface area contributed by atoms with Crippen molar-refractivity contribution in [2.75, 3.05) is 20.2 Å². The normalized spacial score (nSPS) is 17.1. The van der Waals surface area contributed by atoms with Gasteiger partial charge in [-0.3, -0.25) is 9.69 Å². The van der Waals surface area contributed by atoms with Crippen LogP contribution in [0.25, 0.3) is 0 Å². The standard InChI is InChI=1S/C24H34N2O5/c1-24(2,3)31-23(29)25-21(22(28)30-4)13-12-20(27)15-19-11-8-14-26(17-19)16-18-9-6-5-7-10-18/h5-7,9-10,15,21H,8,11-14,16-17H2,1-4H3,(H,25,29)/t21-/m1/s1. The molecular formula is C24H34N2O5. The van der Waals surface area contributed by atoms with Gasteiger partial charge in [-0.2, -0.15) is 0 Å². The SMILES string of the molecule is COC(=O)[C@@H](CCC(=O)C=C1CCCN(Cc2ccccc2)C1)NC(=O)OC(C)(C)C. The van der Waals surface area contributed by atoms with Gasteiger partial charge in [0, 0.05) is 19.5 Å². The third-order valence-electron chi connectivity index (χ3n) is 4.87. The maximum absolute atomic E-state index is 12.5. The first-order valence-corrected chi connectivity index (χ1v) is 10.7. The van der Waals surface area contributed by atoms with Crippen molar-refractivity contribution in [2.45, 2.75) is 64.6 Å². The summed E-state index contributed by atoms with van der Waals surface area (Å²) in [7, 11) is 1.25. The fraction of sp³-hybridized carbons (Fsp3) is 0.542. The molecular weight excluding hydrogens is 396 g/mol. The molecule has 0 bridgehead atoms. The Balaban J connectivity index is 1.88. The number of methoxy groups -OCH3 is 1. The van der Waals surface area contributed by atoms with Crippen LogP contribution in [0.5, 0.6) is 0 Å². The highest BCUT2D eigenvalue weighted by molar-refractivity contribution is 5.91. The Hall–Kier alpha value is -2.67. The average molecular weight is 431 g/mol. The topological polar surface area (TPSA) is 84.9 Å². The third-order valence-corrected chi connectivity index (χ3v) is 4.87. The van der Waals surface area contributed by atoms with Gasteiger partial charge in [0.25, 0.3) is 0 Å². The molecule has 7 heteroatoms. The van der Waals surface area contributed by atoms with Gasteiger partial charge in [-0.15, -0.1) is 0 Å². The number of likely N-dealkylation sites (tertiary alicyclic amines) is 1. The molecule has 0 unspecified atom stereocenters. The Morgan fingerprint density at radius 1 is 1.19 bits per heavy atom. The van der Waals surface area contributed by atoms with Gasteiger partial charge < -0.3 is 14.8 Å². The van der Waals surface area contributed by atoms with Gasteiger partial charge in [0.15, 0.2) is 5.78 Å². The lowest BCUT2D eigenvalue weighted by Gasteiger charge is -2.28. The van der Waals surface area contributed by atoms with Crippen LogP contribution < -0.4 is 5.32 Å². The van der Waals surface area contributed by atoms with E-state index in [1.807, 2.05) is 18.2 Å². The molecule has 1 amide bonds. The molecule has 7 nitrogen and oxygen atoms in total. The highest BCUT2D eigenvalue weighted by Crippen LogP contribution is 2.18. The third kappa shape index (κ3) is 9.34. The second-order valence-corrected chi connectivity index (χ2v) is 8.83. The van der Waals surface area contributed by atoms with Crippen molar-refractivity contribution < 1.29 is 23.9 Å². The van der Waals surface area contributed by atoms with Crippen LogP contribution >= 0.6 is 0 Å². The molecule has 2 rings (SSSR count). The van der Waals surface area contributed by atoms with Crippen molar-refractivity contribution in [3.05, 3.63) is 47.5 Å². The van der Waals surface area contributed by atoms with Crippen LogP contribution in [0.1, 0.15) is 52.0 Å². The van der Waals surface area contributed by atoms with E-state index in [4.69, 9.17) is 9.47 Å². The fourth-order valence-electron chi connectivity index (χ4n) is 3.50. The smallest absolute Gasteiger partial charge is 0.408 e. The minimum absolute atomic E-state index is 0.0588. The minimum atomic E-state index is -0.928. The number of benzene rings is 1. The molecule has 1 atom stereocenters. The number of ether oxygens (including phenoxy) is 2. The summed E-state index contributed by atoms with van der Waals surface area (Å²) in [6, 6.07) is 9.35. The predicted molar refractivity (Wildman–Crippen MR) is 118 cm³/mol. The molecule has 0 spiro atoms. The van der Waals surface area contributed by atoms with Crippen LogP contribution in [-0.2, 0) is 25.6 Å². The lowest BCUT2D eigenvalue weighted by atomic mass is 10.0. The van der Waals surface area contributed by atoms with Crippen LogP contribution in [0.3, 0.4) is 0 Å². The molecule has 1 saturated heterocycles. The van der Waals surface area contributed by atoms with E-state index >= 15 is 0 Å². The molecule has 1 aliphatic heterocycles. The molecule has 1 aromatic rings. The maximum Gasteiger partial charge on any atom is 0.408 e. The number of hydrogen-bond acceptors (Lipinski definition) is 6. The Morgan fingerprint density at radius 2 is 1.90 bits per heavy atom. The number of carbonyl (C=O) groups is 3. The van der Waals surface area contributed by atoms with Gasteiger partial charge >= 0.3 is 12.1 Å². The summed E-state index contributed by atoms with van der Waals surface area (Å²) in [5.41, 5.74) is 1.67. The van der Waals surface area contributed by atoms with E-state index in [1.54, 1.807) is 26.8 Å². The van der Waals surface area contributed by atoms with Crippen LogP contribution in [0.2, 0.25) is 0 Å². The van der Waals surface area contributed by atoms with Crippen LogP contribution in [0.15, 0.2) is 42.0 Å². The van der Waals surface area contributed by atoms with Crippen molar-refractivity contribution in [1.82, 2.24) is 10.2 Å². The number of esters is 1. The first kappa shape index (κ1) is 24.6. The summed E-state index contributed by atoms with van der Waals surface area (Å²) in [6.45, 7) is 7.83. The number of alkyl carbamates (subject to hydrolysis) is 1. The number of ketones is 1. The molecule has 1 aliphatic rings. The second-order valence-electron chi connectivity index (χ2n) is 8.83. The van der Waals surface area contributed by atoms with E-state index < -0.39 is 23.7 Å². The van der Waals surface area contributed by atoms with Crippen LogP contribution in [-0.4, -0.2) is 54.6 Å². The summed E-state index contributed by atoms with van der Waals surface area (Å²) in [5.74, 6) is -0.658. The fourth-order valence-corrected chi connectivity index (χ4v) is 3.50. The van der Waals surface area contributed by atoms with Crippen LogP contribution in [0, 0.1) is 0 Å². The highest BCUT2D eigenvalue weighted by Gasteiger charge is 2.25. The zero-order chi connectivity index (χ0) is 22.9. The molecule has 1 fully saturated rings. The molecule has 0 aromatic heterocycles. The summed E-state index contributed by atoms with van der Waals surface area (Å²) < 4.78 is 9.95. The zero-order valence-corrected chi connectivity index (χ0v) is 19.0. The Kier molecular flexibility index (Phi) is 9.24. The quantitative estimate of drug-likeness (QED) is 0.501. The van der Waals surface area contributed by atoms with Gasteiger partial charge in [0.1, 0.15) is 11.6 Å². The van der Waals surface area contributed by atoms with E-state index in [0.717, 1.165) is 38.0 Å². The second kappa shape index (κ2) is 11.6. The molecule has 170 valence electrons. The summed E-state index contributed by atoms with van der Waals surface area (Å²) in [6.07, 6.45) is 3.18. The van der Waals surface area contributed by atoms with E-state index in [9.17, 15) is 14.4 Å². The first-order valence-electron chi connectivity index (χ1n) is 10.7. The highest BCUT2D eigenvalue weighted by atomic mass is 16.6. The lowest BCUT2D eigenvalue weighted by molar-refractivity contribution is -0.143.